The second kappa shape index (κ2) is 6.10. The van der Waals surface area contributed by atoms with Crippen molar-refractivity contribution < 1.29 is 0 Å². The highest BCUT2D eigenvalue weighted by Crippen LogP contribution is 2.25. The summed E-state index contributed by atoms with van der Waals surface area (Å²) in [7, 11) is 0. The van der Waals surface area contributed by atoms with Crippen molar-refractivity contribution in [2.24, 2.45) is 4.99 Å². The molecule has 0 saturated heterocycles. The van der Waals surface area contributed by atoms with Crippen molar-refractivity contribution in [1.29, 1.82) is 0 Å². The van der Waals surface area contributed by atoms with Crippen molar-refractivity contribution in [1.82, 2.24) is 4.98 Å². The number of nitrogens with zero attached hydrogens (tertiary/aromatic N) is 2. The molecule has 1 aromatic heterocycles. The molecule has 0 unspecified atom stereocenters. The Morgan fingerprint density at radius 1 is 1.09 bits per heavy atom. The Bertz CT molecular complexity index is 772. The fourth-order valence-electron chi connectivity index (χ4n) is 2.85. The van der Waals surface area contributed by atoms with Crippen LogP contribution < -0.4 is 0 Å². The molecule has 22 heavy (non-hydrogen) atoms. The summed E-state index contributed by atoms with van der Waals surface area (Å²) in [5.41, 5.74) is 7.91. The average molecular weight is 288 g/mol. The summed E-state index contributed by atoms with van der Waals surface area (Å²) < 4.78 is 0. The van der Waals surface area contributed by atoms with E-state index in [-0.39, 0.29) is 0 Å². The predicted molar refractivity (Wildman–Crippen MR) is 93.9 cm³/mol. The number of hydrogen-bond acceptors (Lipinski definition) is 2. The first-order valence-electron chi connectivity index (χ1n) is 7.58. The minimum atomic E-state index is 0.893. The molecule has 1 aliphatic rings. The first kappa shape index (κ1) is 14.5. The molecule has 0 saturated carbocycles. The second-order valence-electron chi connectivity index (χ2n) is 5.78. The number of aliphatic imine (C=N–C) groups is 1. The summed E-state index contributed by atoms with van der Waals surface area (Å²) in [6.07, 6.45) is 9.17. The zero-order chi connectivity index (χ0) is 15.5. The van der Waals surface area contributed by atoms with Crippen LogP contribution in [-0.2, 0) is 0 Å². The smallest absolute Gasteiger partial charge is 0.0819 e. The van der Waals surface area contributed by atoms with Crippen molar-refractivity contribution in [2.75, 3.05) is 0 Å². The minimum absolute atomic E-state index is 0.893. The van der Waals surface area contributed by atoms with Crippen LogP contribution in [-0.4, -0.2) is 11.2 Å². The highest BCUT2D eigenvalue weighted by atomic mass is 14.8. The van der Waals surface area contributed by atoms with Crippen LogP contribution in [0.1, 0.15) is 34.5 Å². The lowest BCUT2D eigenvalue weighted by Gasteiger charge is -2.06. The van der Waals surface area contributed by atoms with Gasteiger partial charge in [0.05, 0.1) is 23.3 Å². The maximum Gasteiger partial charge on any atom is 0.0819 e. The minimum Gasteiger partial charge on any atom is -0.254 e. The normalized spacial score (nSPS) is 13.9. The highest BCUT2D eigenvalue weighted by Gasteiger charge is 2.05. The number of rotatable bonds is 3. The molecule has 2 aromatic rings. The molecule has 1 aromatic carbocycles. The van der Waals surface area contributed by atoms with Crippen molar-refractivity contribution in [3.8, 4) is 0 Å². The van der Waals surface area contributed by atoms with Gasteiger partial charge in [-0.2, -0.15) is 0 Å². The first-order valence-corrected chi connectivity index (χ1v) is 7.58. The van der Waals surface area contributed by atoms with E-state index < -0.39 is 0 Å². The summed E-state index contributed by atoms with van der Waals surface area (Å²) >= 11 is 0. The van der Waals surface area contributed by atoms with E-state index in [0.717, 1.165) is 23.5 Å². The molecule has 0 atom stereocenters. The molecule has 2 nitrogen and oxygen atoms in total. The molecule has 0 bridgehead atoms. The molecule has 0 N–H and O–H groups in total. The van der Waals surface area contributed by atoms with Gasteiger partial charge in [0, 0.05) is 0 Å². The Morgan fingerprint density at radius 2 is 1.86 bits per heavy atom. The molecule has 0 amide bonds. The molecule has 110 valence electrons. The molecule has 0 aliphatic heterocycles. The van der Waals surface area contributed by atoms with Gasteiger partial charge >= 0.3 is 0 Å². The first-order chi connectivity index (χ1) is 10.6. The van der Waals surface area contributed by atoms with Crippen molar-refractivity contribution >= 4 is 17.5 Å². The van der Waals surface area contributed by atoms with E-state index in [9.17, 15) is 0 Å². The third-order valence-electron chi connectivity index (χ3n) is 3.83. The van der Waals surface area contributed by atoms with Gasteiger partial charge in [-0.25, -0.2) is 4.98 Å². The largest absolute Gasteiger partial charge is 0.254 e. The van der Waals surface area contributed by atoms with E-state index in [1.165, 1.54) is 22.3 Å². The van der Waals surface area contributed by atoms with E-state index in [0.29, 0.717) is 0 Å². The quantitative estimate of drug-likeness (QED) is 0.721. The van der Waals surface area contributed by atoms with E-state index in [1.807, 2.05) is 18.3 Å². The summed E-state index contributed by atoms with van der Waals surface area (Å²) in [5.74, 6) is 0. The Labute approximate surface area is 132 Å². The standard InChI is InChI=1S/C20H20N2/c1-14-11-15(2)20(16(3)12-14)21-13-18-9-6-10-19(22-18)17-7-4-5-8-17/h4-7,9-13H,8H2,1-3H3/b21-13-. The molecular formula is C20H20N2. The number of benzene rings is 1. The molecule has 0 radical (unpaired) electrons. The zero-order valence-corrected chi connectivity index (χ0v) is 13.3. The van der Waals surface area contributed by atoms with Gasteiger partial charge < -0.3 is 0 Å². The van der Waals surface area contributed by atoms with E-state index >= 15 is 0 Å². The number of aromatic nitrogens is 1. The Morgan fingerprint density at radius 3 is 2.55 bits per heavy atom. The molecule has 3 rings (SSSR count). The van der Waals surface area contributed by atoms with Crippen molar-refractivity contribution in [3.05, 3.63) is 76.6 Å². The van der Waals surface area contributed by atoms with Gasteiger partial charge in [-0.1, -0.05) is 42.0 Å². The lowest BCUT2D eigenvalue weighted by Crippen LogP contribution is -1.93. The van der Waals surface area contributed by atoms with Gasteiger partial charge in [0.15, 0.2) is 0 Å². The number of hydrogen-bond donors (Lipinski definition) is 0. The monoisotopic (exact) mass is 288 g/mol. The van der Waals surface area contributed by atoms with Gasteiger partial charge in [-0.15, -0.1) is 0 Å². The topological polar surface area (TPSA) is 25.2 Å². The van der Waals surface area contributed by atoms with Gasteiger partial charge in [-0.05, 0) is 56.0 Å². The fourth-order valence-corrected chi connectivity index (χ4v) is 2.85. The van der Waals surface area contributed by atoms with Gasteiger partial charge in [-0.3, -0.25) is 4.99 Å². The molecule has 1 aliphatic carbocycles. The molecular weight excluding hydrogens is 268 g/mol. The van der Waals surface area contributed by atoms with Crippen LogP contribution in [0, 0.1) is 20.8 Å². The summed E-state index contributed by atoms with van der Waals surface area (Å²) in [4.78, 5) is 9.35. The Balaban J connectivity index is 1.89. The number of aryl methyl sites for hydroxylation is 3. The third kappa shape index (κ3) is 3.06. The van der Waals surface area contributed by atoms with Crippen LogP contribution in [0.2, 0.25) is 0 Å². The zero-order valence-electron chi connectivity index (χ0n) is 13.3. The van der Waals surface area contributed by atoms with Gasteiger partial charge in [0.25, 0.3) is 0 Å². The molecule has 0 spiro atoms. The van der Waals surface area contributed by atoms with E-state index in [1.54, 1.807) is 0 Å². The molecule has 2 heteroatoms. The maximum absolute atomic E-state index is 4.69. The van der Waals surface area contributed by atoms with Crippen LogP contribution in [0.3, 0.4) is 0 Å². The van der Waals surface area contributed by atoms with Crippen molar-refractivity contribution in [3.63, 3.8) is 0 Å². The van der Waals surface area contributed by atoms with Crippen LogP contribution >= 0.6 is 0 Å². The van der Waals surface area contributed by atoms with E-state index in [2.05, 4.69) is 67.2 Å². The summed E-state index contributed by atoms with van der Waals surface area (Å²) in [6.45, 7) is 6.32. The van der Waals surface area contributed by atoms with Crippen LogP contribution in [0.5, 0.6) is 0 Å². The SMILES string of the molecule is Cc1cc(C)c(/N=C\c2cccc(C3=CC=CC3)n2)c(C)c1. The van der Waals surface area contributed by atoms with Crippen LogP contribution in [0.25, 0.3) is 5.57 Å². The van der Waals surface area contributed by atoms with Crippen molar-refractivity contribution in [2.45, 2.75) is 27.2 Å². The molecule has 1 heterocycles. The summed E-state index contributed by atoms with van der Waals surface area (Å²) in [5, 5.41) is 0. The lowest BCUT2D eigenvalue weighted by molar-refractivity contribution is 1.22. The van der Waals surface area contributed by atoms with E-state index in [4.69, 9.17) is 0 Å². The fraction of sp³-hybridized carbons (Fsp3) is 0.200. The Kier molecular flexibility index (Phi) is 4.01. The van der Waals surface area contributed by atoms with Gasteiger partial charge in [0.1, 0.15) is 0 Å². The van der Waals surface area contributed by atoms with Gasteiger partial charge in [0.2, 0.25) is 0 Å². The third-order valence-corrected chi connectivity index (χ3v) is 3.83. The maximum atomic E-state index is 4.69. The number of pyridine rings is 1. The van der Waals surface area contributed by atoms with Crippen LogP contribution in [0.15, 0.2) is 53.6 Å². The average Bonchev–Trinajstić information content (AvgIpc) is 3.00. The summed E-state index contributed by atoms with van der Waals surface area (Å²) in [6, 6.07) is 10.4. The number of allylic oxidation sites excluding steroid dienone is 4. The highest BCUT2D eigenvalue weighted by molar-refractivity contribution is 5.81. The predicted octanol–water partition coefficient (Wildman–Crippen LogP) is 5.10. The molecule has 0 fully saturated rings. The Hall–Kier alpha value is -2.48. The van der Waals surface area contributed by atoms with Crippen LogP contribution in [0.4, 0.5) is 5.69 Å². The second-order valence-corrected chi connectivity index (χ2v) is 5.78. The lowest BCUT2D eigenvalue weighted by atomic mass is 10.1.